The molecule has 2 saturated heterocycles. The lowest BCUT2D eigenvalue weighted by atomic mass is 10.2. The summed E-state index contributed by atoms with van der Waals surface area (Å²) < 4.78 is 15.0. The molecule has 2 aliphatic heterocycles. The molecular weight excluding hydrogens is 409 g/mol. The molecule has 1 N–H and O–H groups in total. The highest BCUT2D eigenvalue weighted by Crippen LogP contribution is 2.31. The smallest absolute Gasteiger partial charge is 0.167 e. The van der Waals surface area contributed by atoms with E-state index < -0.39 is 5.82 Å². The van der Waals surface area contributed by atoms with E-state index in [2.05, 4.69) is 47.8 Å². The van der Waals surface area contributed by atoms with E-state index in [1.54, 1.807) is 6.33 Å². The molecule has 166 valence electrons. The van der Waals surface area contributed by atoms with Crippen LogP contribution in [0.4, 0.5) is 21.8 Å². The Morgan fingerprint density at radius 2 is 1.97 bits per heavy atom. The second-order valence-electron chi connectivity index (χ2n) is 8.50. The molecule has 0 aromatic carbocycles. The van der Waals surface area contributed by atoms with Gasteiger partial charge in [0.25, 0.3) is 0 Å². The van der Waals surface area contributed by atoms with Gasteiger partial charge in [0.15, 0.2) is 11.6 Å². The SMILES string of the molecule is CN1CCN(c2nc(N(C)[C@@H]3CCN(c4ncnc5[nH]ccc45)C3)c(F)cc2C#N)CC1. The van der Waals surface area contributed by atoms with Crippen molar-refractivity contribution in [3.63, 3.8) is 0 Å². The number of aromatic amines is 1. The molecule has 5 heterocycles. The monoisotopic (exact) mass is 435 g/mol. The van der Waals surface area contributed by atoms with Crippen molar-refractivity contribution in [2.75, 3.05) is 68.1 Å². The predicted molar refractivity (Wildman–Crippen MR) is 122 cm³/mol. The Morgan fingerprint density at radius 3 is 2.75 bits per heavy atom. The average Bonchev–Trinajstić information content (AvgIpc) is 3.49. The van der Waals surface area contributed by atoms with Gasteiger partial charge in [0.2, 0.25) is 0 Å². The Bertz CT molecular complexity index is 1160. The van der Waals surface area contributed by atoms with Gasteiger partial charge in [0, 0.05) is 58.6 Å². The first-order valence-electron chi connectivity index (χ1n) is 10.8. The fourth-order valence-electron chi connectivity index (χ4n) is 4.59. The molecule has 0 bridgehead atoms. The Labute approximate surface area is 186 Å². The molecule has 0 spiro atoms. The van der Waals surface area contributed by atoms with E-state index in [9.17, 15) is 5.26 Å². The number of piperazine rings is 1. The number of nitrogens with zero attached hydrogens (tertiary/aromatic N) is 8. The molecule has 0 amide bonds. The van der Waals surface area contributed by atoms with E-state index in [1.807, 2.05) is 24.2 Å². The van der Waals surface area contributed by atoms with Crippen molar-refractivity contribution >= 4 is 28.5 Å². The van der Waals surface area contributed by atoms with Gasteiger partial charge in [0.05, 0.1) is 10.9 Å². The van der Waals surface area contributed by atoms with Gasteiger partial charge in [-0.05, 0) is 25.6 Å². The summed E-state index contributed by atoms with van der Waals surface area (Å²) in [5, 5.41) is 10.5. The number of nitrogens with one attached hydrogen (secondary N) is 1. The summed E-state index contributed by atoms with van der Waals surface area (Å²) in [6.07, 6.45) is 4.28. The van der Waals surface area contributed by atoms with Crippen molar-refractivity contribution in [2.24, 2.45) is 0 Å². The molecule has 5 rings (SSSR count). The molecule has 3 aromatic rings. The molecule has 2 aliphatic rings. The molecule has 9 nitrogen and oxygen atoms in total. The van der Waals surface area contributed by atoms with Gasteiger partial charge in [-0.15, -0.1) is 0 Å². The summed E-state index contributed by atoms with van der Waals surface area (Å²) in [7, 11) is 3.95. The van der Waals surface area contributed by atoms with Crippen LogP contribution in [0.5, 0.6) is 0 Å². The van der Waals surface area contributed by atoms with Crippen molar-refractivity contribution in [1.29, 1.82) is 5.26 Å². The van der Waals surface area contributed by atoms with E-state index in [4.69, 9.17) is 0 Å². The number of hydrogen-bond donors (Lipinski definition) is 1. The first kappa shape index (κ1) is 20.5. The molecule has 10 heteroatoms. The number of anilines is 3. The fraction of sp³-hybridized carbons (Fsp3) is 0.455. The Morgan fingerprint density at radius 1 is 1.16 bits per heavy atom. The molecule has 0 unspecified atom stereocenters. The Balaban J connectivity index is 1.39. The third kappa shape index (κ3) is 3.58. The number of pyridine rings is 1. The minimum absolute atomic E-state index is 0.0780. The maximum Gasteiger partial charge on any atom is 0.167 e. The summed E-state index contributed by atoms with van der Waals surface area (Å²) in [6, 6.07) is 5.50. The number of rotatable bonds is 4. The lowest BCUT2D eigenvalue weighted by molar-refractivity contribution is 0.312. The number of halogens is 1. The largest absolute Gasteiger partial charge is 0.354 e. The summed E-state index contributed by atoms with van der Waals surface area (Å²) in [5.74, 6) is 1.29. The zero-order chi connectivity index (χ0) is 22.2. The van der Waals surface area contributed by atoms with Crippen LogP contribution in [0, 0.1) is 17.1 Å². The zero-order valence-electron chi connectivity index (χ0n) is 18.3. The predicted octanol–water partition coefficient (Wildman–Crippen LogP) is 1.83. The molecule has 0 aliphatic carbocycles. The maximum absolute atomic E-state index is 15.0. The van der Waals surface area contributed by atoms with Gasteiger partial charge in [-0.1, -0.05) is 0 Å². The first-order chi connectivity index (χ1) is 15.5. The molecule has 2 fully saturated rings. The normalized spacial score (nSPS) is 19.5. The number of aromatic nitrogens is 4. The van der Waals surface area contributed by atoms with Crippen molar-refractivity contribution in [3.05, 3.63) is 36.0 Å². The minimum Gasteiger partial charge on any atom is -0.354 e. The van der Waals surface area contributed by atoms with Gasteiger partial charge < -0.3 is 24.6 Å². The van der Waals surface area contributed by atoms with Crippen LogP contribution < -0.4 is 14.7 Å². The van der Waals surface area contributed by atoms with E-state index in [-0.39, 0.29) is 11.6 Å². The summed E-state index contributed by atoms with van der Waals surface area (Å²) in [6.45, 7) is 4.84. The Hall–Kier alpha value is -3.45. The van der Waals surface area contributed by atoms with Crippen LogP contribution in [-0.2, 0) is 0 Å². The molecule has 0 radical (unpaired) electrons. The van der Waals surface area contributed by atoms with E-state index in [0.29, 0.717) is 18.2 Å². The van der Waals surface area contributed by atoms with Crippen LogP contribution in [0.25, 0.3) is 11.0 Å². The van der Waals surface area contributed by atoms with Gasteiger partial charge in [0.1, 0.15) is 29.7 Å². The lowest BCUT2D eigenvalue weighted by Crippen LogP contribution is -2.45. The highest BCUT2D eigenvalue weighted by Gasteiger charge is 2.31. The van der Waals surface area contributed by atoms with Crippen LogP contribution >= 0.6 is 0 Å². The molecule has 32 heavy (non-hydrogen) atoms. The number of nitriles is 1. The van der Waals surface area contributed by atoms with Crippen molar-refractivity contribution in [2.45, 2.75) is 12.5 Å². The molecular formula is C22H26FN9. The van der Waals surface area contributed by atoms with E-state index in [0.717, 1.165) is 56.0 Å². The standard InChI is InChI=1S/C22H26FN9/c1-29-7-9-31(10-8-29)20-15(12-24)11-18(23)22(28-20)30(2)16-4-6-32(13-16)21-17-3-5-25-19(17)26-14-27-21/h3,5,11,14,16H,4,6-10,13H2,1-2H3,(H,25,26,27)/t16-/m1/s1. The van der Waals surface area contributed by atoms with Crippen molar-refractivity contribution < 1.29 is 4.39 Å². The number of fused-ring (bicyclic) bond motifs is 1. The quantitative estimate of drug-likeness (QED) is 0.664. The van der Waals surface area contributed by atoms with Gasteiger partial charge in [-0.25, -0.2) is 19.3 Å². The first-order valence-corrected chi connectivity index (χ1v) is 10.8. The highest BCUT2D eigenvalue weighted by atomic mass is 19.1. The van der Waals surface area contributed by atoms with Crippen molar-refractivity contribution in [3.8, 4) is 6.07 Å². The van der Waals surface area contributed by atoms with Crippen LogP contribution in [0.1, 0.15) is 12.0 Å². The van der Waals surface area contributed by atoms with Crippen LogP contribution in [0.2, 0.25) is 0 Å². The molecule has 3 aromatic heterocycles. The number of hydrogen-bond acceptors (Lipinski definition) is 8. The van der Waals surface area contributed by atoms with Gasteiger partial charge in [-0.2, -0.15) is 5.26 Å². The number of H-pyrrole nitrogens is 1. The third-order valence-electron chi connectivity index (χ3n) is 6.54. The van der Waals surface area contributed by atoms with Gasteiger partial charge in [-0.3, -0.25) is 0 Å². The van der Waals surface area contributed by atoms with E-state index >= 15 is 4.39 Å². The Kier molecular flexibility index (Phi) is 5.27. The zero-order valence-corrected chi connectivity index (χ0v) is 18.3. The van der Waals surface area contributed by atoms with Crippen molar-refractivity contribution in [1.82, 2.24) is 24.8 Å². The fourth-order valence-corrected chi connectivity index (χ4v) is 4.59. The van der Waals surface area contributed by atoms with Crippen LogP contribution in [0.15, 0.2) is 24.7 Å². The van der Waals surface area contributed by atoms with Gasteiger partial charge >= 0.3 is 0 Å². The minimum atomic E-state index is -0.463. The molecule has 0 saturated carbocycles. The summed E-state index contributed by atoms with van der Waals surface area (Å²) in [4.78, 5) is 25.0. The topological polar surface area (TPSA) is 91.2 Å². The van der Waals surface area contributed by atoms with Crippen LogP contribution in [-0.4, -0.2) is 84.2 Å². The summed E-state index contributed by atoms with van der Waals surface area (Å²) in [5.41, 5.74) is 1.09. The highest BCUT2D eigenvalue weighted by molar-refractivity contribution is 5.87. The second-order valence-corrected chi connectivity index (χ2v) is 8.50. The third-order valence-corrected chi connectivity index (χ3v) is 6.54. The number of likely N-dealkylation sites (N-methyl/N-ethyl adjacent to an activating group) is 2. The van der Waals surface area contributed by atoms with E-state index in [1.165, 1.54) is 6.07 Å². The summed E-state index contributed by atoms with van der Waals surface area (Å²) >= 11 is 0. The maximum atomic E-state index is 15.0. The van der Waals surface area contributed by atoms with Crippen LogP contribution in [0.3, 0.4) is 0 Å². The molecule has 1 atom stereocenters. The average molecular weight is 436 g/mol. The lowest BCUT2D eigenvalue weighted by Gasteiger charge is -2.34. The second kappa shape index (κ2) is 8.24.